The summed E-state index contributed by atoms with van der Waals surface area (Å²) in [4.78, 5) is 12.0. The minimum atomic E-state index is -0.135. The molecule has 0 radical (unpaired) electrons. The number of rotatable bonds is 5. The van der Waals surface area contributed by atoms with E-state index in [-0.39, 0.29) is 5.56 Å². The van der Waals surface area contributed by atoms with E-state index in [1.807, 2.05) is 30.3 Å². The Balaban J connectivity index is 1.84. The van der Waals surface area contributed by atoms with Gasteiger partial charge in [0.25, 0.3) is 5.56 Å². The number of nitrogens with zero attached hydrogens (tertiary/aromatic N) is 1. The third-order valence-corrected chi connectivity index (χ3v) is 4.20. The van der Waals surface area contributed by atoms with Gasteiger partial charge in [-0.3, -0.25) is 4.79 Å². The van der Waals surface area contributed by atoms with E-state index in [1.165, 1.54) is 25.7 Å². The molecule has 1 aromatic heterocycles. The molecule has 1 aliphatic carbocycles. The molecule has 0 atom stereocenters. The largest absolute Gasteiger partial charge is 0.496 e. The first-order chi connectivity index (χ1) is 10.8. The van der Waals surface area contributed by atoms with Crippen molar-refractivity contribution < 1.29 is 4.74 Å². The van der Waals surface area contributed by atoms with E-state index in [2.05, 4.69) is 15.5 Å². The molecule has 1 saturated carbocycles. The third-order valence-electron chi connectivity index (χ3n) is 4.20. The van der Waals surface area contributed by atoms with Crippen molar-refractivity contribution in [3.05, 3.63) is 46.2 Å². The van der Waals surface area contributed by atoms with Crippen LogP contribution in [0.15, 0.2) is 35.1 Å². The molecule has 1 aliphatic rings. The zero-order valence-electron chi connectivity index (χ0n) is 12.8. The van der Waals surface area contributed by atoms with Crippen molar-refractivity contribution in [1.29, 1.82) is 0 Å². The second-order valence-electron chi connectivity index (χ2n) is 5.67. The Labute approximate surface area is 129 Å². The van der Waals surface area contributed by atoms with Crippen molar-refractivity contribution in [3.63, 3.8) is 0 Å². The van der Waals surface area contributed by atoms with Crippen LogP contribution in [0.5, 0.6) is 5.75 Å². The summed E-state index contributed by atoms with van der Waals surface area (Å²) >= 11 is 0. The van der Waals surface area contributed by atoms with Crippen LogP contribution in [-0.2, 0) is 6.54 Å². The molecule has 3 rings (SSSR count). The number of nitrogens with one attached hydrogen (secondary N) is 2. The zero-order chi connectivity index (χ0) is 15.4. The molecule has 116 valence electrons. The van der Waals surface area contributed by atoms with E-state index in [0.717, 1.165) is 17.0 Å². The smallest absolute Gasteiger partial charge is 0.268 e. The fourth-order valence-electron chi connectivity index (χ4n) is 2.96. The fraction of sp³-hybridized carbons (Fsp3) is 0.412. The Morgan fingerprint density at radius 3 is 2.86 bits per heavy atom. The van der Waals surface area contributed by atoms with Crippen molar-refractivity contribution in [2.45, 2.75) is 38.3 Å². The summed E-state index contributed by atoms with van der Waals surface area (Å²) in [6, 6.07) is 10.0. The minimum absolute atomic E-state index is 0.135. The lowest BCUT2D eigenvalue weighted by Crippen LogP contribution is -2.29. The van der Waals surface area contributed by atoms with Gasteiger partial charge in [0, 0.05) is 23.7 Å². The molecule has 1 fully saturated rings. The quantitative estimate of drug-likeness (QED) is 0.890. The highest BCUT2D eigenvalue weighted by Gasteiger charge is 2.15. The third kappa shape index (κ3) is 3.20. The van der Waals surface area contributed by atoms with Crippen molar-refractivity contribution in [2.75, 3.05) is 7.11 Å². The summed E-state index contributed by atoms with van der Waals surface area (Å²) in [6.07, 6.45) is 4.94. The van der Waals surface area contributed by atoms with Gasteiger partial charge in [-0.2, -0.15) is 5.10 Å². The lowest BCUT2D eigenvalue weighted by molar-refractivity contribution is 0.416. The Kier molecular flexibility index (Phi) is 4.53. The van der Waals surface area contributed by atoms with Crippen LogP contribution in [-0.4, -0.2) is 23.3 Å². The highest BCUT2D eigenvalue weighted by Crippen LogP contribution is 2.27. The van der Waals surface area contributed by atoms with E-state index in [9.17, 15) is 4.79 Å². The van der Waals surface area contributed by atoms with Gasteiger partial charge in [-0.05, 0) is 31.0 Å². The van der Waals surface area contributed by atoms with Gasteiger partial charge in [-0.25, -0.2) is 5.10 Å². The summed E-state index contributed by atoms with van der Waals surface area (Å²) in [6.45, 7) is 0.574. The molecule has 0 amide bonds. The molecule has 22 heavy (non-hydrogen) atoms. The van der Waals surface area contributed by atoms with Crippen molar-refractivity contribution in [3.8, 4) is 17.0 Å². The number of aromatic amines is 1. The molecule has 5 nitrogen and oxygen atoms in total. The predicted molar refractivity (Wildman–Crippen MR) is 85.9 cm³/mol. The van der Waals surface area contributed by atoms with Crippen LogP contribution >= 0.6 is 0 Å². The molecular formula is C17H21N3O2. The fourth-order valence-corrected chi connectivity index (χ4v) is 2.96. The molecule has 0 bridgehead atoms. The van der Waals surface area contributed by atoms with Gasteiger partial charge >= 0.3 is 0 Å². The number of benzene rings is 1. The molecule has 0 spiro atoms. The first kappa shape index (κ1) is 14.8. The van der Waals surface area contributed by atoms with E-state index >= 15 is 0 Å². The molecule has 0 aliphatic heterocycles. The summed E-state index contributed by atoms with van der Waals surface area (Å²) in [5.74, 6) is 0.747. The summed E-state index contributed by atoms with van der Waals surface area (Å²) in [7, 11) is 1.63. The maximum absolute atomic E-state index is 12.0. The van der Waals surface area contributed by atoms with Gasteiger partial charge in [-0.15, -0.1) is 0 Å². The summed E-state index contributed by atoms with van der Waals surface area (Å²) in [5, 5.41) is 10.2. The van der Waals surface area contributed by atoms with E-state index < -0.39 is 0 Å². The number of hydrogen-bond donors (Lipinski definition) is 2. The Bertz CT molecular complexity index is 690. The van der Waals surface area contributed by atoms with E-state index in [4.69, 9.17) is 4.74 Å². The van der Waals surface area contributed by atoms with E-state index in [0.29, 0.717) is 18.2 Å². The van der Waals surface area contributed by atoms with E-state index in [1.54, 1.807) is 7.11 Å². The number of H-pyrrole nitrogens is 1. The van der Waals surface area contributed by atoms with Crippen molar-refractivity contribution in [1.82, 2.24) is 15.5 Å². The van der Waals surface area contributed by atoms with Gasteiger partial charge in [0.2, 0.25) is 0 Å². The molecule has 1 heterocycles. The maximum atomic E-state index is 12.0. The lowest BCUT2D eigenvalue weighted by atomic mass is 10.1. The number of hydrogen-bond acceptors (Lipinski definition) is 4. The lowest BCUT2D eigenvalue weighted by Gasteiger charge is -2.12. The number of aromatic nitrogens is 2. The van der Waals surface area contributed by atoms with Crippen LogP contribution in [0.3, 0.4) is 0 Å². The van der Waals surface area contributed by atoms with Crippen LogP contribution < -0.4 is 15.6 Å². The Morgan fingerprint density at radius 2 is 2.09 bits per heavy atom. The van der Waals surface area contributed by atoms with Gasteiger partial charge in [0.05, 0.1) is 12.8 Å². The van der Waals surface area contributed by atoms with Crippen molar-refractivity contribution in [2.24, 2.45) is 0 Å². The molecule has 2 aromatic rings. The standard InChI is InChI=1S/C17H21N3O2/c1-22-16-9-5-4-8-14(16)15-10-12(17(21)20-19-15)11-18-13-6-2-3-7-13/h4-5,8-10,13,18H,2-3,6-7,11H2,1H3,(H,20,21). The monoisotopic (exact) mass is 299 g/mol. The first-order valence-electron chi connectivity index (χ1n) is 7.73. The van der Waals surface area contributed by atoms with Gasteiger partial charge in [0.1, 0.15) is 5.75 Å². The molecular weight excluding hydrogens is 278 g/mol. The van der Waals surface area contributed by atoms with Crippen LogP contribution in [0.2, 0.25) is 0 Å². The van der Waals surface area contributed by atoms with Gasteiger partial charge in [-0.1, -0.05) is 25.0 Å². The first-order valence-corrected chi connectivity index (χ1v) is 7.73. The molecule has 0 unspecified atom stereocenters. The average Bonchev–Trinajstić information content (AvgIpc) is 3.07. The second-order valence-corrected chi connectivity index (χ2v) is 5.67. The Morgan fingerprint density at radius 1 is 1.32 bits per heavy atom. The minimum Gasteiger partial charge on any atom is -0.496 e. The average molecular weight is 299 g/mol. The molecule has 0 saturated heterocycles. The maximum Gasteiger partial charge on any atom is 0.268 e. The number of methoxy groups -OCH3 is 1. The van der Waals surface area contributed by atoms with Gasteiger partial charge < -0.3 is 10.1 Å². The highest BCUT2D eigenvalue weighted by atomic mass is 16.5. The van der Waals surface area contributed by atoms with Gasteiger partial charge in [0.15, 0.2) is 0 Å². The number of para-hydroxylation sites is 1. The number of ether oxygens (including phenoxy) is 1. The molecule has 2 N–H and O–H groups in total. The Hall–Kier alpha value is -2.14. The van der Waals surface area contributed by atoms with Crippen LogP contribution in [0, 0.1) is 0 Å². The molecule has 5 heteroatoms. The van der Waals surface area contributed by atoms with Crippen molar-refractivity contribution >= 4 is 0 Å². The summed E-state index contributed by atoms with van der Waals surface area (Å²) in [5.41, 5.74) is 2.18. The zero-order valence-corrected chi connectivity index (χ0v) is 12.8. The van der Waals surface area contributed by atoms with Crippen LogP contribution in [0.1, 0.15) is 31.2 Å². The van der Waals surface area contributed by atoms with Crippen LogP contribution in [0.4, 0.5) is 0 Å². The predicted octanol–water partition coefficient (Wildman–Crippen LogP) is 2.48. The normalized spacial score (nSPS) is 15.1. The SMILES string of the molecule is COc1ccccc1-c1cc(CNC2CCCC2)c(=O)[nH]n1. The second kappa shape index (κ2) is 6.75. The highest BCUT2D eigenvalue weighted by molar-refractivity contribution is 5.66. The topological polar surface area (TPSA) is 67.0 Å². The summed E-state index contributed by atoms with van der Waals surface area (Å²) < 4.78 is 5.36. The van der Waals surface area contributed by atoms with Crippen LogP contribution in [0.25, 0.3) is 11.3 Å². The molecule has 1 aromatic carbocycles.